The van der Waals surface area contributed by atoms with E-state index >= 15 is 0 Å². The summed E-state index contributed by atoms with van der Waals surface area (Å²) in [5, 5.41) is 0. The van der Waals surface area contributed by atoms with Crippen molar-refractivity contribution >= 4 is 11.8 Å². The molecule has 1 aliphatic carbocycles. The Morgan fingerprint density at radius 2 is 1.65 bits per heavy atom. The molecule has 0 radical (unpaired) electrons. The smallest absolute Gasteiger partial charge is 0.242 e. The molecule has 2 aromatic rings. The van der Waals surface area contributed by atoms with Gasteiger partial charge in [-0.1, -0.05) is 70.4 Å². The van der Waals surface area contributed by atoms with Crippen molar-refractivity contribution in [2.45, 2.75) is 78.4 Å². The van der Waals surface area contributed by atoms with Crippen molar-refractivity contribution in [3.8, 4) is 0 Å². The summed E-state index contributed by atoms with van der Waals surface area (Å²) in [5.74, 6) is 0.799. The number of carbonyl (C=O) groups is 2. The summed E-state index contributed by atoms with van der Waals surface area (Å²) in [7, 11) is 0. The number of rotatable bonds is 8. The second kappa shape index (κ2) is 10.7. The van der Waals surface area contributed by atoms with Gasteiger partial charge in [0.1, 0.15) is 12.3 Å². The highest BCUT2D eigenvalue weighted by molar-refractivity contribution is 5.85. The van der Waals surface area contributed by atoms with Gasteiger partial charge in [0, 0.05) is 19.0 Å². The SMILES string of the molecule is CC(C)(C)CC(=O)N(CC(=O)N(Cc1ccccc1)Cc1ccco1)C1CCCCC1. The van der Waals surface area contributed by atoms with Gasteiger partial charge in [0.2, 0.25) is 11.8 Å². The third kappa shape index (κ3) is 7.27. The van der Waals surface area contributed by atoms with Gasteiger partial charge in [-0.15, -0.1) is 0 Å². The molecule has 31 heavy (non-hydrogen) atoms. The van der Waals surface area contributed by atoms with Gasteiger partial charge >= 0.3 is 0 Å². The Hall–Kier alpha value is -2.56. The third-order valence-corrected chi connectivity index (χ3v) is 5.82. The molecular formula is C26H36N2O3. The molecule has 0 aliphatic heterocycles. The van der Waals surface area contributed by atoms with E-state index in [-0.39, 0.29) is 29.8 Å². The number of hydrogen-bond donors (Lipinski definition) is 0. The molecule has 0 unspecified atom stereocenters. The van der Waals surface area contributed by atoms with Gasteiger partial charge in [-0.3, -0.25) is 9.59 Å². The monoisotopic (exact) mass is 424 g/mol. The molecule has 1 aromatic carbocycles. The Morgan fingerprint density at radius 3 is 2.26 bits per heavy atom. The maximum Gasteiger partial charge on any atom is 0.242 e. The number of hydrogen-bond acceptors (Lipinski definition) is 3. The Labute approximate surface area is 186 Å². The predicted octanol–water partition coefficient (Wildman–Crippen LogP) is 5.41. The fourth-order valence-corrected chi connectivity index (χ4v) is 4.24. The maximum absolute atomic E-state index is 13.5. The number of amides is 2. The third-order valence-electron chi connectivity index (χ3n) is 5.82. The van der Waals surface area contributed by atoms with E-state index in [9.17, 15) is 9.59 Å². The molecule has 1 heterocycles. The summed E-state index contributed by atoms with van der Waals surface area (Å²) in [6.07, 6.45) is 7.51. The van der Waals surface area contributed by atoms with Crippen LogP contribution in [0.2, 0.25) is 0 Å². The number of benzene rings is 1. The van der Waals surface area contributed by atoms with Gasteiger partial charge in [-0.05, 0) is 36.0 Å². The molecule has 1 aromatic heterocycles. The van der Waals surface area contributed by atoms with Crippen LogP contribution in [0.25, 0.3) is 0 Å². The first-order valence-electron chi connectivity index (χ1n) is 11.5. The van der Waals surface area contributed by atoms with E-state index in [1.165, 1.54) is 6.42 Å². The molecule has 1 saturated carbocycles. The van der Waals surface area contributed by atoms with Gasteiger partial charge in [-0.2, -0.15) is 0 Å². The Balaban J connectivity index is 1.78. The van der Waals surface area contributed by atoms with Crippen LogP contribution >= 0.6 is 0 Å². The van der Waals surface area contributed by atoms with E-state index in [1.54, 1.807) is 11.2 Å². The van der Waals surface area contributed by atoms with Crippen LogP contribution in [0.1, 0.15) is 70.6 Å². The highest BCUT2D eigenvalue weighted by atomic mass is 16.3. The van der Waals surface area contributed by atoms with Crippen LogP contribution in [0.3, 0.4) is 0 Å². The molecule has 5 heteroatoms. The van der Waals surface area contributed by atoms with Gasteiger partial charge < -0.3 is 14.2 Å². The molecule has 1 fully saturated rings. The standard InChI is InChI=1S/C26H36N2O3/c1-26(2,3)17-24(29)28(22-13-8-5-9-14-22)20-25(30)27(19-23-15-10-16-31-23)18-21-11-6-4-7-12-21/h4,6-7,10-12,15-16,22H,5,8-9,13-14,17-20H2,1-3H3. The lowest BCUT2D eigenvalue weighted by Gasteiger charge is -2.36. The first-order valence-corrected chi connectivity index (χ1v) is 11.5. The normalized spacial score (nSPS) is 14.9. The number of carbonyl (C=O) groups excluding carboxylic acids is 2. The summed E-state index contributed by atoms with van der Waals surface area (Å²) in [6.45, 7) is 7.24. The first-order chi connectivity index (χ1) is 14.8. The van der Waals surface area contributed by atoms with E-state index in [4.69, 9.17) is 4.42 Å². The molecule has 168 valence electrons. The first kappa shape index (κ1) is 23.1. The van der Waals surface area contributed by atoms with Gasteiger partial charge in [0.15, 0.2) is 0 Å². The topological polar surface area (TPSA) is 53.8 Å². The number of nitrogens with zero attached hydrogens (tertiary/aromatic N) is 2. The molecule has 5 nitrogen and oxygen atoms in total. The fraction of sp³-hybridized carbons (Fsp3) is 0.538. The summed E-state index contributed by atoms with van der Waals surface area (Å²) in [4.78, 5) is 30.4. The van der Waals surface area contributed by atoms with Gasteiger partial charge in [-0.25, -0.2) is 0 Å². The quantitative estimate of drug-likeness (QED) is 0.570. The molecule has 0 spiro atoms. The molecular weight excluding hydrogens is 388 g/mol. The van der Waals surface area contributed by atoms with Crippen molar-refractivity contribution in [1.82, 2.24) is 9.80 Å². The maximum atomic E-state index is 13.5. The van der Waals surface area contributed by atoms with Crippen LogP contribution in [-0.4, -0.2) is 34.2 Å². The Morgan fingerprint density at radius 1 is 0.935 bits per heavy atom. The predicted molar refractivity (Wildman–Crippen MR) is 122 cm³/mol. The largest absolute Gasteiger partial charge is 0.467 e. The van der Waals surface area contributed by atoms with Crippen LogP contribution in [0.15, 0.2) is 53.1 Å². The molecule has 0 bridgehead atoms. The molecule has 0 atom stereocenters. The summed E-state index contributed by atoms with van der Waals surface area (Å²) in [5.41, 5.74) is 0.956. The zero-order valence-electron chi connectivity index (χ0n) is 19.2. The van der Waals surface area contributed by atoms with Crippen LogP contribution < -0.4 is 0 Å². The van der Waals surface area contributed by atoms with Crippen molar-refractivity contribution in [2.75, 3.05) is 6.54 Å². The number of furan rings is 1. The van der Waals surface area contributed by atoms with E-state index in [0.717, 1.165) is 37.0 Å². The van der Waals surface area contributed by atoms with Gasteiger partial charge in [0.25, 0.3) is 0 Å². The van der Waals surface area contributed by atoms with E-state index in [1.807, 2.05) is 47.4 Å². The van der Waals surface area contributed by atoms with E-state index < -0.39 is 0 Å². The van der Waals surface area contributed by atoms with Crippen LogP contribution in [0.4, 0.5) is 0 Å². The fourth-order valence-electron chi connectivity index (χ4n) is 4.24. The van der Waals surface area contributed by atoms with Crippen LogP contribution in [0, 0.1) is 5.41 Å². The van der Waals surface area contributed by atoms with E-state index in [2.05, 4.69) is 20.8 Å². The highest BCUT2D eigenvalue weighted by Gasteiger charge is 2.31. The molecule has 3 rings (SSSR count). The Bertz CT molecular complexity index is 818. The Kier molecular flexibility index (Phi) is 7.94. The molecule has 2 amide bonds. The van der Waals surface area contributed by atoms with Crippen molar-refractivity contribution < 1.29 is 14.0 Å². The minimum absolute atomic E-state index is 0.0342. The summed E-state index contributed by atoms with van der Waals surface area (Å²) in [6, 6.07) is 13.8. The molecule has 0 N–H and O–H groups in total. The highest BCUT2D eigenvalue weighted by Crippen LogP contribution is 2.27. The summed E-state index contributed by atoms with van der Waals surface area (Å²) < 4.78 is 5.51. The minimum Gasteiger partial charge on any atom is -0.467 e. The second-order valence-corrected chi connectivity index (χ2v) is 9.87. The van der Waals surface area contributed by atoms with Crippen LogP contribution in [0.5, 0.6) is 0 Å². The lowest BCUT2D eigenvalue weighted by molar-refractivity contribution is -0.145. The second-order valence-electron chi connectivity index (χ2n) is 9.87. The van der Waals surface area contributed by atoms with Crippen molar-refractivity contribution in [1.29, 1.82) is 0 Å². The zero-order chi connectivity index (χ0) is 22.3. The van der Waals surface area contributed by atoms with E-state index in [0.29, 0.717) is 19.5 Å². The van der Waals surface area contributed by atoms with Crippen molar-refractivity contribution in [3.05, 3.63) is 60.1 Å². The minimum atomic E-state index is -0.106. The molecule has 0 saturated heterocycles. The van der Waals surface area contributed by atoms with Crippen molar-refractivity contribution in [3.63, 3.8) is 0 Å². The van der Waals surface area contributed by atoms with Crippen molar-refractivity contribution in [2.24, 2.45) is 5.41 Å². The lowest BCUT2D eigenvalue weighted by Crippen LogP contribution is -2.48. The van der Waals surface area contributed by atoms with Gasteiger partial charge in [0.05, 0.1) is 12.8 Å². The zero-order valence-corrected chi connectivity index (χ0v) is 19.2. The molecule has 1 aliphatic rings. The van der Waals surface area contributed by atoms with Crippen LogP contribution in [-0.2, 0) is 22.7 Å². The average molecular weight is 425 g/mol. The lowest BCUT2D eigenvalue weighted by atomic mass is 9.89. The average Bonchev–Trinajstić information content (AvgIpc) is 3.24. The summed E-state index contributed by atoms with van der Waals surface area (Å²) >= 11 is 0.